The first kappa shape index (κ1) is 27.1. The van der Waals surface area contributed by atoms with Gasteiger partial charge in [0, 0.05) is 42.9 Å². The summed E-state index contributed by atoms with van der Waals surface area (Å²) in [5.74, 6) is -0.546. The van der Waals surface area contributed by atoms with Crippen molar-refractivity contribution in [2.45, 2.75) is 25.0 Å². The lowest BCUT2D eigenvalue weighted by Crippen LogP contribution is -3.00. The van der Waals surface area contributed by atoms with E-state index in [0.717, 1.165) is 6.42 Å². The van der Waals surface area contributed by atoms with Crippen molar-refractivity contribution in [3.8, 4) is 11.5 Å². The van der Waals surface area contributed by atoms with Gasteiger partial charge < -0.3 is 29.0 Å². The van der Waals surface area contributed by atoms with E-state index in [-0.39, 0.29) is 53.1 Å². The summed E-state index contributed by atoms with van der Waals surface area (Å²) in [7, 11) is 2.93. The number of aromatic nitrogens is 1. The molecule has 4 aliphatic rings. The minimum atomic E-state index is -1.27. The second-order valence-corrected chi connectivity index (χ2v) is 11.3. The molecule has 2 N–H and O–H groups in total. The zero-order chi connectivity index (χ0) is 30.2. The van der Waals surface area contributed by atoms with Crippen LogP contribution in [0.3, 0.4) is 0 Å². The molecule has 5 heterocycles. The zero-order valence-electron chi connectivity index (χ0n) is 23.5. The van der Waals surface area contributed by atoms with Gasteiger partial charge in [-0.15, -0.1) is 0 Å². The summed E-state index contributed by atoms with van der Waals surface area (Å²) in [4.78, 5) is 59.3. The fourth-order valence-corrected chi connectivity index (χ4v) is 7.14. The van der Waals surface area contributed by atoms with Crippen LogP contribution in [0.5, 0.6) is 11.5 Å². The minimum absolute atomic E-state index is 0.0447. The molecule has 1 fully saturated rings. The van der Waals surface area contributed by atoms with Crippen molar-refractivity contribution in [2.24, 2.45) is 5.92 Å². The average molecular weight is 588 g/mol. The molecule has 4 aliphatic heterocycles. The lowest BCUT2D eigenvalue weighted by atomic mass is 9.83. The van der Waals surface area contributed by atoms with Gasteiger partial charge in [0.25, 0.3) is 11.8 Å². The van der Waals surface area contributed by atoms with E-state index >= 15 is 0 Å². The Morgan fingerprint density at radius 1 is 1.00 bits per heavy atom. The van der Waals surface area contributed by atoms with Gasteiger partial charge in [-0.3, -0.25) is 24.1 Å². The number of piperidine rings is 1. The summed E-state index contributed by atoms with van der Waals surface area (Å²) in [6, 6.07) is 13.2. The molecule has 2 aromatic carbocycles. The summed E-state index contributed by atoms with van der Waals surface area (Å²) in [5.41, 5.74) is 1.49. The number of hydrogen-bond acceptors (Lipinski definition) is 8. The number of methoxy groups -OCH3 is 2. The molecule has 3 amide bonds. The number of likely N-dealkylation sites (tertiary alicyclic amines) is 1. The molecule has 3 aromatic rings. The average Bonchev–Trinajstić information content (AvgIpc) is 3.31. The molecule has 0 radical (unpaired) electrons. The van der Waals surface area contributed by atoms with Crippen molar-refractivity contribution < 1.29 is 34.3 Å². The van der Waals surface area contributed by atoms with Crippen molar-refractivity contribution in [1.82, 2.24) is 14.4 Å². The maximum absolute atomic E-state index is 13.9. The summed E-state index contributed by atoms with van der Waals surface area (Å²) in [5, 5.41) is 19.6. The fraction of sp³-hybridized carbons (Fsp3) is 0.333. The zero-order valence-corrected chi connectivity index (χ0v) is 23.5. The Kier molecular flexibility index (Phi) is 6.27. The third-order valence-electron chi connectivity index (χ3n) is 8.98. The Bertz CT molecular complexity index is 1750. The summed E-state index contributed by atoms with van der Waals surface area (Å²) >= 11 is 0. The number of amides is 3. The third kappa shape index (κ3) is 3.96. The van der Waals surface area contributed by atoms with Gasteiger partial charge in [-0.2, -0.15) is 5.23 Å². The quantitative estimate of drug-likeness (QED) is 0.421. The molecule has 0 aliphatic carbocycles. The van der Waals surface area contributed by atoms with Crippen molar-refractivity contribution in [3.63, 3.8) is 0 Å². The SMILES string of the molecule is COc1ccc2c(c1OC)C(=O)N1c3ccccc3C(=O)N(CC(=O)N3C[C@H]4C[C@@H](C3)c3ccc([NH+]([O-])O)c(=O)n3C4)C21. The van der Waals surface area contributed by atoms with Gasteiger partial charge in [-0.1, -0.05) is 18.2 Å². The van der Waals surface area contributed by atoms with Crippen LogP contribution >= 0.6 is 0 Å². The van der Waals surface area contributed by atoms with E-state index in [1.54, 1.807) is 47.4 Å². The van der Waals surface area contributed by atoms with Crippen LogP contribution in [0.1, 0.15) is 50.5 Å². The highest BCUT2D eigenvalue weighted by molar-refractivity contribution is 6.18. The largest absolute Gasteiger partial charge is 0.595 e. The molecule has 0 spiro atoms. The maximum Gasteiger partial charge on any atom is 0.315 e. The van der Waals surface area contributed by atoms with Crippen molar-refractivity contribution in [3.05, 3.63) is 86.5 Å². The summed E-state index contributed by atoms with van der Waals surface area (Å²) < 4.78 is 12.5. The van der Waals surface area contributed by atoms with Gasteiger partial charge in [0.1, 0.15) is 12.7 Å². The highest BCUT2D eigenvalue weighted by Gasteiger charge is 2.50. The van der Waals surface area contributed by atoms with Crippen LogP contribution in [-0.2, 0) is 11.3 Å². The Morgan fingerprint density at radius 2 is 1.79 bits per heavy atom. The lowest BCUT2D eigenvalue weighted by Gasteiger charge is -2.44. The second kappa shape index (κ2) is 9.93. The maximum atomic E-state index is 13.9. The summed E-state index contributed by atoms with van der Waals surface area (Å²) in [6.45, 7) is 0.742. The lowest BCUT2D eigenvalue weighted by molar-refractivity contribution is -0.992. The van der Waals surface area contributed by atoms with Gasteiger partial charge in [0.15, 0.2) is 11.5 Å². The number of nitrogens with one attached hydrogen (secondary N) is 1. The molecule has 2 unspecified atom stereocenters. The van der Waals surface area contributed by atoms with Gasteiger partial charge >= 0.3 is 5.56 Å². The number of quaternary nitrogens is 1. The number of hydrogen-bond donors (Lipinski definition) is 2. The molecule has 222 valence electrons. The van der Waals surface area contributed by atoms with E-state index < -0.39 is 17.0 Å². The number of carbonyl (C=O) groups is 3. The van der Waals surface area contributed by atoms with Gasteiger partial charge in [-0.05, 0) is 36.6 Å². The van der Waals surface area contributed by atoms with E-state index in [2.05, 4.69) is 0 Å². The first-order valence-corrected chi connectivity index (χ1v) is 14.0. The second-order valence-electron chi connectivity index (χ2n) is 11.3. The highest BCUT2D eigenvalue weighted by Crippen LogP contribution is 2.49. The van der Waals surface area contributed by atoms with E-state index in [4.69, 9.17) is 9.47 Å². The van der Waals surface area contributed by atoms with Crippen LogP contribution in [0.15, 0.2) is 53.3 Å². The molecule has 13 heteroatoms. The molecule has 1 aromatic heterocycles. The van der Waals surface area contributed by atoms with Gasteiger partial charge in [0.2, 0.25) is 11.6 Å². The van der Waals surface area contributed by atoms with Crippen LogP contribution in [0, 0.1) is 11.1 Å². The normalized spacial score (nSPS) is 22.4. The molecular weight excluding hydrogens is 558 g/mol. The Hall–Kier alpha value is -4.72. The first-order chi connectivity index (χ1) is 20.7. The van der Waals surface area contributed by atoms with E-state index in [9.17, 15) is 29.6 Å². The van der Waals surface area contributed by atoms with Crippen LogP contribution in [0.4, 0.5) is 11.4 Å². The molecule has 0 saturated carbocycles. The number of nitrogens with zero attached hydrogens (tertiary/aromatic N) is 4. The smallest absolute Gasteiger partial charge is 0.315 e. The van der Waals surface area contributed by atoms with Crippen LogP contribution in [-0.4, -0.2) is 71.1 Å². The minimum Gasteiger partial charge on any atom is -0.595 e. The number of benzene rings is 2. The van der Waals surface area contributed by atoms with E-state index in [0.29, 0.717) is 47.9 Å². The standard InChI is InChI=1S/C30H29N5O8/c1-42-23-10-7-19-25(26(23)43-2)30(39)34-21-6-4-3-5-18(21)28(37)33(27(19)34)15-24(36)31-12-16-11-17(14-31)20-8-9-22(35(40)41)29(38)32(20)13-16/h3-10,16-17,27,35,40H,11-15H2,1-2H3/t16-,17+,27?/m1/s1. The van der Waals surface area contributed by atoms with Gasteiger partial charge in [-0.25, -0.2) is 5.21 Å². The van der Waals surface area contributed by atoms with Crippen molar-refractivity contribution >= 4 is 29.1 Å². The number of pyridine rings is 1. The molecule has 13 nitrogen and oxygen atoms in total. The molecule has 2 bridgehead atoms. The Labute approximate surface area is 245 Å². The van der Waals surface area contributed by atoms with Crippen molar-refractivity contribution in [2.75, 3.05) is 38.8 Å². The molecule has 4 atom stereocenters. The number of ether oxygens (including phenoxy) is 2. The summed E-state index contributed by atoms with van der Waals surface area (Å²) in [6.07, 6.45) is -0.0855. The molecular formula is C30H29N5O8. The van der Waals surface area contributed by atoms with Crippen LogP contribution in [0.2, 0.25) is 0 Å². The van der Waals surface area contributed by atoms with Crippen molar-refractivity contribution in [1.29, 1.82) is 0 Å². The first-order valence-electron chi connectivity index (χ1n) is 14.0. The van der Waals surface area contributed by atoms with Crippen LogP contribution < -0.4 is 25.2 Å². The highest BCUT2D eigenvalue weighted by atomic mass is 16.8. The van der Waals surface area contributed by atoms with Crippen LogP contribution in [0.25, 0.3) is 0 Å². The van der Waals surface area contributed by atoms with E-state index in [1.807, 2.05) is 0 Å². The number of carbonyl (C=O) groups excluding carboxylic acids is 3. The predicted octanol–water partition coefficient (Wildman–Crippen LogP) is 1.03. The predicted molar refractivity (Wildman–Crippen MR) is 150 cm³/mol. The number of fused-ring (bicyclic) bond motifs is 9. The number of rotatable bonds is 5. The van der Waals surface area contributed by atoms with E-state index in [1.165, 1.54) is 34.7 Å². The molecule has 43 heavy (non-hydrogen) atoms. The number of para-hydroxylation sites is 1. The molecule has 7 rings (SSSR count). The Balaban J connectivity index is 1.22. The number of anilines is 1. The fourth-order valence-electron chi connectivity index (χ4n) is 7.14. The van der Waals surface area contributed by atoms with Gasteiger partial charge in [0.05, 0.1) is 31.0 Å². The third-order valence-corrected chi connectivity index (χ3v) is 8.98. The Morgan fingerprint density at radius 3 is 2.53 bits per heavy atom. The topological polar surface area (TPSA) is 149 Å². The monoisotopic (exact) mass is 587 g/mol. The molecule has 1 saturated heterocycles.